The van der Waals surface area contributed by atoms with Crippen LogP contribution in [-0.4, -0.2) is 65.8 Å². The molecule has 4 amide bonds. The van der Waals surface area contributed by atoms with E-state index in [1.807, 2.05) is 0 Å². The normalized spacial score (nSPS) is 16.6. The molecule has 2 aliphatic heterocycles. The summed E-state index contributed by atoms with van der Waals surface area (Å²) in [5, 5.41) is 2.16. The van der Waals surface area contributed by atoms with Crippen LogP contribution >= 0.6 is 11.8 Å². The van der Waals surface area contributed by atoms with Gasteiger partial charge in [-0.3, -0.25) is 24.1 Å². The number of nitrogens with zero attached hydrogens (tertiary/aromatic N) is 2. The fourth-order valence-corrected chi connectivity index (χ4v) is 3.62. The number of carbonyl (C=O) groups excluding carboxylic acids is 5. The van der Waals surface area contributed by atoms with E-state index in [1.54, 1.807) is 29.2 Å². The van der Waals surface area contributed by atoms with Crippen LogP contribution in [0.4, 0.5) is 10.5 Å². The monoisotopic (exact) mass is 405 g/mol. The molecule has 2 saturated heterocycles. The molecule has 2 aliphatic rings. The molecule has 3 rings (SSSR count). The molecule has 148 valence electrons. The van der Waals surface area contributed by atoms with Gasteiger partial charge in [0.15, 0.2) is 6.61 Å². The number of thioether (sulfide) groups is 1. The summed E-state index contributed by atoms with van der Waals surface area (Å²) in [4.78, 5) is 61.1. The number of esters is 1. The van der Waals surface area contributed by atoms with Gasteiger partial charge in [0, 0.05) is 31.7 Å². The number of anilines is 1. The number of hydrogen-bond donors (Lipinski definition) is 1. The highest BCUT2D eigenvalue weighted by Crippen LogP contribution is 2.21. The maximum atomic E-state index is 12.0. The fourth-order valence-electron chi connectivity index (χ4n) is 2.87. The molecule has 10 heteroatoms. The molecule has 2 heterocycles. The SMILES string of the molecule is O=C(COC(=O)c1ccc(N2CCCC2=O)cc1)NCCN1C(=O)CSC1=O. The van der Waals surface area contributed by atoms with E-state index in [2.05, 4.69) is 5.32 Å². The van der Waals surface area contributed by atoms with Gasteiger partial charge in [-0.1, -0.05) is 11.8 Å². The van der Waals surface area contributed by atoms with Gasteiger partial charge in [-0.2, -0.15) is 0 Å². The molecule has 0 radical (unpaired) electrons. The lowest BCUT2D eigenvalue weighted by atomic mass is 10.2. The van der Waals surface area contributed by atoms with Gasteiger partial charge in [0.1, 0.15) is 0 Å². The third-order valence-electron chi connectivity index (χ3n) is 4.32. The Bertz CT molecular complexity index is 794. The van der Waals surface area contributed by atoms with Crippen LogP contribution in [0, 0.1) is 0 Å². The molecule has 0 aliphatic carbocycles. The number of nitrogens with one attached hydrogen (secondary N) is 1. The molecule has 28 heavy (non-hydrogen) atoms. The Kier molecular flexibility index (Phi) is 6.30. The number of ether oxygens (including phenoxy) is 1. The van der Waals surface area contributed by atoms with Crippen molar-refractivity contribution in [3.05, 3.63) is 29.8 Å². The molecule has 0 saturated carbocycles. The summed E-state index contributed by atoms with van der Waals surface area (Å²) in [5.41, 5.74) is 0.995. The van der Waals surface area contributed by atoms with Gasteiger partial charge in [-0.25, -0.2) is 4.79 Å². The van der Waals surface area contributed by atoms with Crippen molar-refractivity contribution >= 4 is 46.4 Å². The molecular formula is C18H19N3O6S. The Balaban J connectivity index is 1.41. The van der Waals surface area contributed by atoms with Crippen molar-refractivity contribution in [3.8, 4) is 0 Å². The van der Waals surface area contributed by atoms with Gasteiger partial charge in [-0.05, 0) is 30.7 Å². The van der Waals surface area contributed by atoms with Gasteiger partial charge in [-0.15, -0.1) is 0 Å². The average Bonchev–Trinajstić information content (AvgIpc) is 3.26. The second-order valence-corrected chi connectivity index (χ2v) is 7.15. The molecular weight excluding hydrogens is 386 g/mol. The van der Waals surface area contributed by atoms with Crippen molar-refractivity contribution in [2.45, 2.75) is 12.8 Å². The van der Waals surface area contributed by atoms with E-state index in [-0.39, 0.29) is 41.5 Å². The first-order valence-corrected chi connectivity index (χ1v) is 9.75. The van der Waals surface area contributed by atoms with Crippen LogP contribution in [0.1, 0.15) is 23.2 Å². The second kappa shape index (κ2) is 8.87. The summed E-state index contributed by atoms with van der Waals surface area (Å²) in [5.74, 6) is -1.29. The van der Waals surface area contributed by atoms with Crippen LogP contribution in [0.3, 0.4) is 0 Å². The van der Waals surface area contributed by atoms with E-state index < -0.39 is 18.5 Å². The van der Waals surface area contributed by atoms with Crippen molar-refractivity contribution in [3.63, 3.8) is 0 Å². The maximum absolute atomic E-state index is 12.0. The predicted octanol–water partition coefficient (Wildman–Crippen LogP) is 0.782. The summed E-state index contributed by atoms with van der Waals surface area (Å²) in [6.45, 7) is 0.367. The second-order valence-electron chi connectivity index (χ2n) is 6.22. The number of carbonyl (C=O) groups is 5. The molecule has 1 aromatic rings. The van der Waals surface area contributed by atoms with Gasteiger partial charge >= 0.3 is 5.97 Å². The topological polar surface area (TPSA) is 113 Å². The van der Waals surface area contributed by atoms with Gasteiger partial charge in [0.25, 0.3) is 11.1 Å². The summed E-state index contributed by atoms with van der Waals surface area (Å²) in [6, 6.07) is 6.43. The van der Waals surface area contributed by atoms with Crippen molar-refractivity contribution in [1.29, 1.82) is 0 Å². The molecule has 0 atom stereocenters. The highest BCUT2D eigenvalue weighted by Gasteiger charge is 2.29. The van der Waals surface area contributed by atoms with Gasteiger partial charge in [0.05, 0.1) is 11.3 Å². The zero-order chi connectivity index (χ0) is 20.1. The van der Waals surface area contributed by atoms with Crippen molar-refractivity contribution in [1.82, 2.24) is 10.2 Å². The molecule has 0 unspecified atom stereocenters. The first-order valence-electron chi connectivity index (χ1n) is 8.77. The lowest BCUT2D eigenvalue weighted by molar-refractivity contribution is -0.126. The summed E-state index contributed by atoms with van der Waals surface area (Å²) in [7, 11) is 0. The van der Waals surface area contributed by atoms with E-state index in [0.29, 0.717) is 13.0 Å². The standard InChI is InChI=1S/C18H19N3O6S/c22-14(19-7-9-21-16(24)11-28-18(21)26)10-27-17(25)12-3-5-13(6-4-12)20-8-1-2-15(20)23/h3-6H,1-2,7-11H2,(H,19,22). The third-order valence-corrected chi connectivity index (χ3v) is 5.18. The largest absolute Gasteiger partial charge is 0.452 e. The number of imide groups is 1. The van der Waals surface area contributed by atoms with E-state index >= 15 is 0 Å². The van der Waals surface area contributed by atoms with Crippen LogP contribution in [0.5, 0.6) is 0 Å². The number of amides is 4. The average molecular weight is 405 g/mol. The van der Waals surface area contributed by atoms with Crippen molar-refractivity contribution in [2.75, 3.05) is 36.9 Å². The summed E-state index contributed by atoms with van der Waals surface area (Å²) in [6.07, 6.45) is 1.34. The quantitative estimate of drug-likeness (QED) is 0.667. The van der Waals surface area contributed by atoms with E-state index in [4.69, 9.17) is 4.74 Å². The zero-order valence-corrected chi connectivity index (χ0v) is 15.8. The Hall–Kier alpha value is -2.88. The van der Waals surface area contributed by atoms with E-state index in [0.717, 1.165) is 28.8 Å². The van der Waals surface area contributed by atoms with Crippen LogP contribution in [-0.2, 0) is 19.1 Å². The van der Waals surface area contributed by atoms with Crippen LogP contribution in [0.2, 0.25) is 0 Å². The van der Waals surface area contributed by atoms with Crippen LogP contribution < -0.4 is 10.2 Å². The molecule has 0 bridgehead atoms. The van der Waals surface area contributed by atoms with Crippen molar-refractivity contribution in [2.24, 2.45) is 0 Å². The fraction of sp³-hybridized carbons (Fsp3) is 0.389. The smallest absolute Gasteiger partial charge is 0.338 e. The summed E-state index contributed by atoms with van der Waals surface area (Å²) < 4.78 is 4.96. The number of hydrogen-bond acceptors (Lipinski definition) is 7. The highest BCUT2D eigenvalue weighted by atomic mass is 32.2. The van der Waals surface area contributed by atoms with Gasteiger partial charge in [0.2, 0.25) is 11.8 Å². The van der Waals surface area contributed by atoms with Crippen molar-refractivity contribution < 1.29 is 28.7 Å². The molecule has 0 aromatic heterocycles. The Labute approximate surface area is 165 Å². The Morgan fingerprint density at radius 1 is 1.11 bits per heavy atom. The van der Waals surface area contributed by atoms with Gasteiger partial charge < -0.3 is 15.0 Å². The highest BCUT2D eigenvalue weighted by molar-refractivity contribution is 8.14. The first kappa shape index (κ1) is 19.9. The minimum absolute atomic E-state index is 0.0583. The molecule has 9 nitrogen and oxygen atoms in total. The maximum Gasteiger partial charge on any atom is 0.338 e. The molecule has 1 aromatic carbocycles. The van der Waals surface area contributed by atoms with E-state index in [1.165, 1.54) is 0 Å². The minimum Gasteiger partial charge on any atom is -0.452 e. The number of rotatable bonds is 7. The zero-order valence-electron chi connectivity index (χ0n) is 15.0. The number of benzene rings is 1. The molecule has 1 N–H and O–H groups in total. The Morgan fingerprint density at radius 2 is 1.86 bits per heavy atom. The van der Waals surface area contributed by atoms with E-state index in [9.17, 15) is 24.0 Å². The summed E-state index contributed by atoms with van der Waals surface area (Å²) >= 11 is 0.927. The molecule has 2 fully saturated rings. The Morgan fingerprint density at radius 3 is 2.46 bits per heavy atom. The lowest BCUT2D eigenvalue weighted by Crippen LogP contribution is -2.38. The predicted molar refractivity (Wildman–Crippen MR) is 101 cm³/mol. The van der Waals surface area contributed by atoms with Crippen LogP contribution in [0.25, 0.3) is 0 Å². The lowest BCUT2D eigenvalue weighted by Gasteiger charge is -2.15. The third kappa shape index (κ3) is 4.69. The molecule has 0 spiro atoms. The first-order chi connectivity index (χ1) is 13.5. The van der Waals surface area contributed by atoms with Crippen LogP contribution in [0.15, 0.2) is 24.3 Å². The minimum atomic E-state index is -0.657.